The van der Waals surface area contributed by atoms with Crippen molar-refractivity contribution in [1.29, 1.82) is 0 Å². The predicted octanol–water partition coefficient (Wildman–Crippen LogP) is 3.94. The molecule has 0 aromatic heterocycles. The van der Waals surface area contributed by atoms with Gasteiger partial charge in [0.15, 0.2) is 5.78 Å². The molecule has 1 fully saturated rings. The SMILES string of the molecule is CCOC(=O)/C(=C\C1CCCCC1)C(=O)c1ccccc1. The van der Waals surface area contributed by atoms with Gasteiger partial charge in [0.1, 0.15) is 5.57 Å². The maximum Gasteiger partial charge on any atom is 0.341 e. The lowest BCUT2D eigenvalue weighted by atomic mass is 9.87. The molecule has 0 heterocycles. The molecule has 112 valence electrons. The van der Waals surface area contributed by atoms with Gasteiger partial charge in [0.2, 0.25) is 0 Å². The third kappa shape index (κ3) is 4.28. The van der Waals surface area contributed by atoms with Gasteiger partial charge >= 0.3 is 5.97 Å². The summed E-state index contributed by atoms with van der Waals surface area (Å²) in [5.41, 5.74) is 0.725. The van der Waals surface area contributed by atoms with E-state index < -0.39 is 5.97 Å². The van der Waals surface area contributed by atoms with Gasteiger partial charge in [-0.15, -0.1) is 0 Å². The van der Waals surface area contributed by atoms with Crippen LogP contribution in [0.2, 0.25) is 0 Å². The van der Waals surface area contributed by atoms with Crippen molar-refractivity contribution < 1.29 is 14.3 Å². The van der Waals surface area contributed by atoms with Gasteiger partial charge in [-0.25, -0.2) is 4.79 Å². The Hall–Kier alpha value is -1.90. The minimum atomic E-state index is -0.503. The number of carbonyl (C=O) groups excluding carboxylic acids is 2. The van der Waals surface area contributed by atoms with E-state index in [-0.39, 0.29) is 18.0 Å². The average molecular weight is 286 g/mol. The van der Waals surface area contributed by atoms with E-state index in [0.717, 1.165) is 25.7 Å². The first kappa shape index (κ1) is 15.5. The Morgan fingerprint density at radius 1 is 1.14 bits per heavy atom. The van der Waals surface area contributed by atoms with Crippen LogP contribution in [-0.4, -0.2) is 18.4 Å². The van der Waals surface area contributed by atoms with Crippen molar-refractivity contribution in [2.45, 2.75) is 39.0 Å². The van der Waals surface area contributed by atoms with E-state index in [9.17, 15) is 9.59 Å². The van der Waals surface area contributed by atoms with Crippen LogP contribution in [0.25, 0.3) is 0 Å². The van der Waals surface area contributed by atoms with Crippen molar-refractivity contribution in [2.75, 3.05) is 6.61 Å². The summed E-state index contributed by atoms with van der Waals surface area (Å²) in [6, 6.07) is 8.92. The van der Waals surface area contributed by atoms with Crippen LogP contribution in [0, 0.1) is 5.92 Å². The van der Waals surface area contributed by atoms with E-state index in [1.54, 1.807) is 31.2 Å². The van der Waals surface area contributed by atoms with Gasteiger partial charge < -0.3 is 4.74 Å². The molecule has 1 aromatic carbocycles. The quantitative estimate of drug-likeness (QED) is 0.271. The third-order valence-electron chi connectivity index (χ3n) is 3.83. The monoisotopic (exact) mass is 286 g/mol. The number of hydrogen-bond donors (Lipinski definition) is 0. The normalized spacial score (nSPS) is 16.5. The van der Waals surface area contributed by atoms with Gasteiger partial charge in [0.25, 0.3) is 0 Å². The lowest BCUT2D eigenvalue weighted by molar-refractivity contribution is -0.138. The number of hydrogen-bond acceptors (Lipinski definition) is 3. The number of rotatable bonds is 5. The van der Waals surface area contributed by atoms with E-state index in [1.165, 1.54) is 6.42 Å². The Labute approximate surface area is 126 Å². The van der Waals surface area contributed by atoms with E-state index in [4.69, 9.17) is 4.74 Å². The highest BCUT2D eigenvalue weighted by Gasteiger charge is 2.23. The van der Waals surface area contributed by atoms with Gasteiger partial charge in [0.05, 0.1) is 6.61 Å². The number of benzene rings is 1. The molecule has 0 unspecified atom stereocenters. The summed E-state index contributed by atoms with van der Waals surface area (Å²) in [6.45, 7) is 2.03. The fourth-order valence-electron chi connectivity index (χ4n) is 2.73. The Morgan fingerprint density at radius 3 is 2.43 bits per heavy atom. The lowest BCUT2D eigenvalue weighted by Gasteiger charge is -2.19. The first-order chi connectivity index (χ1) is 10.2. The summed E-state index contributed by atoms with van der Waals surface area (Å²) in [5.74, 6) is -0.428. The minimum Gasteiger partial charge on any atom is -0.462 e. The number of Topliss-reactive ketones (excluding diaryl/α,β-unsaturated/α-hetero) is 1. The van der Waals surface area contributed by atoms with Crippen LogP contribution in [0.5, 0.6) is 0 Å². The summed E-state index contributed by atoms with van der Waals surface area (Å²) in [4.78, 5) is 24.7. The van der Waals surface area contributed by atoms with Crippen molar-refractivity contribution >= 4 is 11.8 Å². The second-order valence-electron chi connectivity index (χ2n) is 5.39. The zero-order valence-corrected chi connectivity index (χ0v) is 12.5. The van der Waals surface area contributed by atoms with Crippen LogP contribution in [-0.2, 0) is 9.53 Å². The molecule has 0 atom stereocenters. The summed E-state index contributed by atoms with van der Waals surface area (Å²) in [6.07, 6.45) is 7.50. The Balaban J connectivity index is 2.25. The Morgan fingerprint density at radius 2 is 1.81 bits per heavy atom. The molecule has 0 saturated heterocycles. The van der Waals surface area contributed by atoms with Gasteiger partial charge in [-0.1, -0.05) is 55.7 Å². The van der Waals surface area contributed by atoms with Crippen LogP contribution >= 0.6 is 0 Å². The average Bonchev–Trinajstić information content (AvgIpc) is 2.54. The first-order valence-corrected chi connectivity index (χ1v) is 7.71. The highest BCUT2D eigenvalue weighted by atomic mass is 16.5. The molecule has 1 aliphatic rings. The van der Waals surface area contributed by atoms with Crippen molar-refractivity contribution in [3.8, 4) is 0 Å². The fraction of sp³-hybridized carbons (Fsp3) is 0.444. The maximum absolute atomic E-state index is 12.6. The van der Waals surface area contributed by atoms with Gasteiger partial charge in [-0.2, -0.15) is 0 Å². The fourth-order valence-corrected chi connectivity index (χ4v) is 2.73. The summed E-state index contributed by atoms with van der Waals surface area (Å²) < 4.78 is 5.06. The molecule has 0 N–H and O–H groups in total. The second kappa shape index (κ2) is 7.77. The topological polar surface area (TPSA) is 43.4 Å². The molecule has 1 aliphatic carbocycles. The van der Waals surface area contributed by atoms with E-state index in [1.807, 2.05) is 12.1 Å². The Kier molecular flexibility index (Phi) is 5.73. The number of allylic oxidation sites excluding steroid dienone is 1. The molecule has 0 bridgehead atoms. The number of esters is 1. The number of ketones is 1. The van der Waals surface area contributed by atoms with Crippen molar-refractivity contribution in [3.05, 3.63) is 47.5 Å². The van der Waals surface area contributed by atoms with Crippen LogP contribution < -0.4 is 0 Å². The van der Waals surface area contributed by atoms with E-state index in [2.05, 4.69) is 0 Å². The predicted molar refractivity (Wildman–Crippen MR) is 82.1 cm³/mol. The molecule has 0 amide bonds. The molecule has 0 radical (unpaired) electrons. The van der Waals surface area contributed by atoms with Crippen molar-refractivity contribution in [3.63, 3.8) is 0 Å². The smallest absolute Gasteiger partial charge is 0.341 e. The van der Waals surface area contributed by atoms with E-state index >= 15 is 0 Å². The summed E-state index contributed by atoms with van der Waals surface area (Å²) >= 11 is 0. The molecular weight excluding hydrogens is 264 g/mol. The summed E-state index contributed by atoms with van der Waals surface area (Å²) in [7, 11) is 0. The lowest BCUT2D eigenvalue weighted by Crippen LogP contribution is -2.18. The molecule has 21 heavy (non-hydrogen) atoms. The molecular formula is C18H22O3. The standard InChI is InChI=1S/C18H22O3/c1-2-21-18(20)16(13-14-9-5-3-6-10-14)17(19)15-11-7-4-8-12-15/h4,7-8,11-14H,2-3,5-6,9-10H2,1H3/b16-13-. The van der Waals surface area contributed by atoms with Crippen LogP contribution in [0.1, 0.15) is 49.4 Å². The van der Waals surface area contributed by atoms with Crippen LogP contribution in [0.4, 0.5) is 0 Å². The molecule has 0 aliphatic heterocycles. The molecule has 3 heteroatoms. The molecule has 1 saturated carbocycles. The molecule has 1 aromatic rings. The number of carbonyl (C=O) groups is 2. The second-order valence-corrected chi connectivity index (χ2v) is 5.39. The summed E-state index contributed by atoms with van der Waals surface area (Å²) in [5, 5.41) is 0. The van der Waals surface area contributed by atoms with Crippen LogP contribution in [0.15, 0.2) is 42.0 Å². The molecule has 2 rings (SSSR count). The third-order valence-corrected chi connectivity index (χ3v) is 3.83. The largest absolute Gasteiger partial charge is 0.462 e. The minimum absolute atomic E-state index is 0.190. The van der Waals surface area contributed by atoms with Gasteiger partial charge in [0, 0.05) is 5.56 Å². The highest BCUT2D eigenvalue weighted by molar-refractivity contribution is 6.24. The first-order valence-electron chi connectivity index (χ1n) is 7.71. The zero-order chi connectivity index (χ0) is 15.1. The van der Waals surface area contributed by atoms with Gasteiger partial charge in [-0.05, 0) is 25.7 Å². The maximum atomic E-state index is 12.6. The number of ether oxygens (including phenoxy) is 1. The van der Waals surface area contributed by atoms with E-state index in [0.29, 0.717) is 11.5 Å². The molecule has 3 nitrogen and oxygen atoms in total. The zero-order valence-electron chi connectivity index (χ0n) is 12.5. The highest BCUT2D eigenvalue weighted by Crippen LogP contribution is 2.26. The molecule has 0 spiro atoms. The van der Waals surface area contributed by atoms with Gasteiger partial charge in [-0.3, -0.25) is 4.79 Å². The van der Waals surface area contributed by atoms with Crippen molar-refractivity contribution in [1.82, 2.24) is 0 Å². The Bertz CT molecular complexity index is 511. The van der Waals surface area contributed by atoms with Crippen LogP contribution in [0.3, 0.4) is 0 Å². The van der Waals surface area contributed by atoms with Crippen molar-refractivity contribution in [2.24, 2.45) is 5.92 Å².